The number of amides is 1. The van der Waals surface area contributed by atoms with Gasteiger partial charge in [0.05, 0.1) is 11.6 Å². The van der Waals surface area contributed by atoms with Gasteiger partial charge in [-0.05, 0) is 18.6 Å². The number of carbonyl (C=O) groups excluding carboxylic acids is 1. The number of anilines is 1. The molecule has 1 unspecified atom stereocenters. The molecule has 128 valence electrons. The molecule has 25 heavy (non-hydrogen) atoms. The Morgan fingerprint density at radius 3 is 3.08 bits per heavy atom. The average molecular weight is 338 g/mol. The lowest BCUT2D eigenvalue weighted by Crippen LogP contribution is -2.35. The summed E-state index contributed by atoms with van der Waals surface area (Å²) in [6.45, 7) is 1.38. The van der Waals surface area contributed by atoms with Crippen molar-refractivity contribution in [3.63, 3.8) is 0 Å². The Labute approximate surface area is 144 Å². The largest absolute Gasteiger partial charge is 0.484 e. The second-order valence-corrected chi connectivity index (χ2v) is 5.93. The van der Waals surface area contributed by atoms with E-state index in [-0.39, 0.29) is 18.6 Å². The smallest absolute Gasteiger partial charge is 0.260 e. The van der Waals surface area contributed by atoms with Gasteiger partial charge in [0.25, 0.3) is 5.91 Å². The van der Waals surface area contributed by atoms with E-state index in [1.54, 1.807) is 6.20 Å². The molecule has 1 saturated heterocycles. The summed E-state index contributed by atoms with van der Waals surface area (Å²) in [5.41, 5.74) is 0.694. The predicted octanol–water partition coefficient (Wildman–Crippen LogP) is 1.44. The van der Waals surface area contributed by atoms with Gasteiger partial charge in [-0.3, -0.25) is 9.89 Å². The molecule has 1 atom stereocenters. The first-order chi connectivity index (χ1) is 12.3. The molecule has 0 bridgehead atoms. The number of likely N-dealkylation sites (tertiary alicyclic amines) is 1. The van der Waals surface area contributed by atoms with Gasteiger partial charge in [0, 0.05) is 19.1 Å². The Hall–Kier alpha value is -3.16. The summed E-state index contributed by atoms with van der Waals surface area (Å²) in [5.74, 6) is 1.43. The summed E-state index contributed by atoms with van der Waals surface area (Å²) in [6, 6.07) is 9.51. The summed E-state index contributed by atoms with van der Waals surface area (Å²) < 4.78 is 5.54. The number of aromatic amines is 1. The third kappa shape index (κ3) is 3.37. The molecule has 8 nitrogen and oxygen atoms in total. The van der Waals surface area contributed by atoms with Crippen LogP contribution < -0.4 is 10.1 Å². The van der Waals surface area contributed by atoms with Gasteiger partial charge < -0.3 is 15.0 Å². The standard InChI is InChI=1S/C17H18N6O2/c24-15(10-25-13-4-2-1-3-5-13)23-7-6-12(9-23)21-16-14-8-20-22-17(14)19-11-18-16/h1-5,8,11-12H,6-7,9-10H2,(H2,18,19,20,21,22). The first-order valence-electron chi connectivity index (χ1n) is 8.16. The molecule has 0 radical (unpaired) electrons. The fraction of sp³-hybridized carbons (Fsp3) is 0.294. The van der Waals surface area contributed by atoms with Crippen LogP contribution in [-0.2, 0) is 4.79 Å². The van der Waals surface area contributed by atoms with Crippen molar-refractivity contribution in [2.24, 2.45) is 0 Å². The molecule has 0 aliphatic carbocycles. The molecule has 0 spiro atoms. The number of ether oxygens (including phenoxy) is 1. The van der Waals surface area contributed by atoms with Crippen molar-refractivity contribution in [3.8, 4) is 5.75 Å². The summed E-state index contributed by atoms with van der Waals surface area (Å²) >= 11 is 0. The first-order valence-corrected chi connectivity index (χ1v) is 8.16. The van der Waals surface area contributed by atoms with E-state index in [1.165, 1.54) is 6.33 Å². The molecular weight excluding hydrogens is 320 g/mol. The number of benzene rings is 1. The van der Waals surface area contributed by atoms with Crippen molar-refractivity contribution < 1.29 is 9.53 Å². The van der Waals surface area contributed by atoms with Crippen LogP contribution in [0.2, 0.25) is 0 Å². The minimum atomic E-state index is -0.00991. The van der Waals surface area contributed by atoms with Crippen LogP contribution in [0.15, 0.2) is 42.9 Å². The van der Waals surface area contributed by atoms with Crippen LogP contribution in [0, 0.1) is 0 Å². The molecule has 1 fully saturated rings. The Kier molecular flexibility index (Phi) is 4.16. The van der Waals surface area contributed by atoms with Gasteiger partial charge in [0.15, 0.2) is 12.3 Å². The lowest BCUT2D eigenvalue weighted by atomic mass is 10.2. The monoisotopic (exact) mass is 338 g/mol. The van der Waals surface area contributed by atoms with E-state index in [2.05, 4.69) is 25.5 Å². The fourth-order valence-corrected chi connectivity index (χ4v) is 2.93. The number of nitrogens with one attached hydrogen (secondary N) is 2. The zero-order valence-electron chi connectivity index (χ0n) is 13.6. The maximum atomic E-state index is 12.3. The normalized spacial score (nSPS) is 17.0. The van der Waals surface area contributed by atoms with Crippen molar-refractivity contribution in [1.82, 2.24) is 25.1 Å². The molecule has 1 aliphatic heterocycles. The Morgan fingerprint density at radius 1 is 1.32 bits per heavy atom. The van der Waals surface area contributed by atoms with E-state index in [9.17, 15) is 4.79 Å². The van der Waals surface area contributed by atoms with Crippen LogP contribution in [0.3, 0.4) is 0 Å². The van der Waals surface area contributed by atoms with Gasteiger partial charge in [-0.2, -0.15) is 5.10 Å². The molecule has 1 aliphatic rings. The highest BCUT2D eigenvalue weighted by Gasteiger charge is 2.27. The van der Waals surface area contributed by atoms with Crippen molar-refractivity contribution in [2.45, 2.75) is 12.5 Å². The number of fused-ring (bicyclic) bond motifs is 1. The van der Waals surface area contributed by atoms with Crippen LogP contribution in [0.4, 0.5) is 5.82 Å². The number of rotatable bonds is 5. The first kappa shape index (κ1) is 15.4. The maximum absolute atomic E-state index is 12.3. The second kappa shape index (κ2) is 6.76. The zero-order chi connectivity index (χ0) is 17.1. The molecule has 8 heteroatoms. The molecule has 2 N–H and O–H groups in total. The topological polar surface area (TPSA) is 96.0 Å². The summed E-state index contributed by atoms with van der Waals surface area (Å²) in [7, 11) is 0. The quantitative estimate of drug-likeness (QED) is 0.731. The Balaban J connectivity index is 1.33. The van der Waals surface area contributed by atoms with Gasteiger partial charge in [0.2, 0.25) is 0 Å². The molecule has 0 saturated carbocycles. The molecule has 1 aromatic carbocycles. The highest BCUT2D eigenvalue weighted by molar-refractivity contribution is 5.85. The molecule has 4 rings (SSSR count). The number of hydrogen-bond donors (Lipinski definition) is 2. The number of H-pyrrole nitrogens is 1. The lowest BCUT2D eigenvalue weighted by Gasteiger charge is -2.17. The summed E-state index contributed by atoms with van der Waals surface area (Å²) in [6.07, 6.45) is 4.05. The molecular formula is C17H18N6O2. The Morgan fingerprint density at radius 2 is 2.20 bits per heavy atom. The zero-order valence-corrected chi connectivity index (χ0v) is 13.6. The third-order valence-electron chi connectivity index (χ3n) is 4.24. The van der Waals surface area contributed by atoms with Crippen molar-refractivity contribution in [3.05, 3.63) is 42.9 Å². The van der Waals surface area contributed by atoms with Crippen LogP contribution in [-0.4, -0.2) is 56.7 Å². The van der Waals surface area contributed by atoms with E-state index < -0.39 is 0 Å². The van der Waals surface area contributed by atoms with Crippen LogP contribution in [0.1, 0.15) is 6.42 Å². The van der Waals surface area contributed by atoms with Crippen molar-refractivity contribution >= 4 is 22.8 Å². The number of para-hydroxylation sites is 1. The minimum Gasteiger partial charge on any atom is -0.484 e. The third-order valence-corrected chi connectivity index (χ3v) is 4.24. The highest BCUT2D eigenvalue weighted by atomic mass is 16.5. The van der Waals surface area contributed by atoms with E-state index in [4.69, 9.17) is 4.74 Å². The van der Waals surface area contributed by atoms with Gasteiger partial charge in [-0.1, -0.05) is 18.2 Å². The van der Waals surface area contributed by atoms with E-state index in [1.807, 2.05) is 35.2 Å². The number of aromatic nitrogens is 4. The number of nitrogens with zero attached hydrogens (tertiary/aromatic N) is 4. The van der Waals surface area contributed by atoms with E-state index in [0.717, 1.165) is 17.6 Å². The maximum Gasteiger partial charge on any atom is 0.260 e. The number of hydrogen-bond acceptors (Lipinski definition) is 6. The summed E-state index contributed by atoms with van der Waals surface area (Å²) in [4.78, 5) is 22.5. The predicted molar refractivity (Wildman–Crippen MR) is 92.2 cm³/mol. The molecule has 3 heterocycles. The van der Waals surface area contributed by atoms with E-state index >= 15 is 0 Å². The van der Waals surface area contributed by atoms with Gasteiger partial charge in [-0.15, -0.1) is 0 Å². The van der Waals surface area contributed by atoms with Gasteiger partial charge >= 0.3 is 0 Å². The molecule has 3 aromatic rings. The van der Waals surface area contributed by atoms with Gasteiger partial charge in [0.1, 0.15) is 17.9 Å². The van der Waals surface area contributed by atoms with Crippen LogP contribution in [0.25, 0.3) is 11.0 Å². The average Bonchev–Trinajstić information content (AvgIpc) is 3.30. The van der Waals surface area contributed by atoms with Crippen molar-refractivity contribution in [2.75, 3.05) is 25.0 Å². The highest BCUT2D eigenvalue weighted by Crippen LogP contribution is 2.20. The number of carbonyl (C=O) groups is 1. The van der Waals surface area contributed by atoms with E-state index in [0.29, 0.717) is 24.5 Å². The second-order valence-electron chi connectivity index (χ2n) is 5.93. The van der Waals surface area contributed by atoms with Crippen LogP contribution in [0.5, 0.6) is 5.75 Å². The van der Waals surface area contributed by atoms with Gasteiger partial charge in [-0.25, -0.2) is 9.97 Å². The SMILES string of the molecule is O=C(COc1ccccc1)N1CCC(Nc2ncnc3[nH]ncc23)C1. The summed E-state index contributed by atoms with van der Waals surface area (Å²) in [5, 5.41) is 11.0. The molecule has 1 amide bonds. The van der Waals surface area contributed by atoms with Crippen molar-refractivity contribution in [1.29, 1.82) is 0 Å². The minimum absolute atomic E-state index is 0.00991. The Bertz CT molecular complexity index is 866. The molecule has 2 aromatic heterocycles. The lowest BCUT2D eigenvalue weighted by molar-refractivity contribution is -0.132. The fourth-order valence-electron chi connectivity index (χ4n) is 2.93. The van der Waals surface area contributed by atoms with Crippen LogP contribution >= 0.6 is 0 Å².